The highest BCUT2D eigenvalue weighted by Gasteiger charge is 2.29. The lowest BCUT2D eigenvalue weighted by atomic mass is 10.0. The summed E-state index contributed by atoms with van der Waals surface area (Å²) in [6.07, 6.45) is 2.53. The Hall–Kier alpha value is -2.47. The number of carbonyl (C=O) groups excluding carboxylic acids is 1. The Labute approximate surface area is 165 Å². The lowest BCUT2D eigenvalue weighted by Gasteiger charge is -2.34. The highest BCUT2D eigenvalue weighted by Crippen LogP contribution is 2.20. The second kappa shape index (κ2) is 9.15. The van der Waals surface area contributed by atoms with Crippen LogP contribution in [0.3, 0.4) is 0 Å². The Morgan fingerprint density at radius 2 is 1.89 bits per heavy atom. The minimum atomic E-state index is -0.229. The molecule has 0 unspecified atom stereocenters. The van der Waals surface area contributed by atoms with Gasteiger partial charge in [0, 0.05) is 44.5 Å². The molecule has 2 heterocycles. The predicted molar refractivity (Wildman–Crippen MR) is 107 cm³/mol. The molecule has 1 amide bonds. The van der Waals surface area contributed by atoms with E-state index in [9.17, 15) is 14.0 Å². The normalized spacial score (nSPS) is 18.3. The zero-order chi connectivity index (χ0) is 20.1. The average Bonchev–Trinajstić information content (AvgIpc) is 2.88. The van der Waals surface area contributed by atoms with Gasteiger partial charge in [0.1, 0.15) is 12.4 Å². The zero-order valence-electron chi connectivity index (χ0n) is 16.6. The topological polar surface area (TPSA) is 45.6 Å². The fourth-order valence-electron chi connectivity index (χ4n) is 3.78. The molecular weight excluding hydrogens is 357 g/mol. The molecule has 3 rings (SSSR count). The molecule has 0 saturated carbocycles. The van der Waals surface area contributed by atoms with Crippen molar-refractivity contribution in [1.29, 1.82) is 0 Å². The molecule has 1 atom stereocenters. The maximum Gasteiger partial charge on any atom is 0.250 e. The summed E-state index contributed by atoms with van der Waals surface area (Å²) in [6, 6.07) is 11.7. The van der Waals surface area contributed by atoms with Gasteiger partial charge < -0.3 is 9.47 Å². The minimum Gasteiger partial charge on any atom is -0.340 e. The van der Waals surface area contributed by atoms with Crippen molar-refractivity contribution in [3.05, 3.63) is 70.4 Å². The van der Waals surface area contributed by atoms with Crippen LogP contribution in [0.5, 0.6) is 0 Å². The van der Waals surface area contributed by atoms with E-state index < -0.39 is 0 Å². The molecule has 0 aliphatic carbocycles. The zero-order valence-corrected chi connectivity index (χ0v) is 16.6. The van der Waals surface area contributed by atoms with E-state index in [0.717, 1.165) is 25.1 Å². The van der Waals surface area contributed by atoms with Gasteiger partial charge in [-0.2, -0.15) is 0 Å². The van der Waals surface area contributed by atoms with Crippen LogP contribution in [0.1, 0.15) is 25.8 Å². The standard InChI is InChI=1S/C22H28FN3O2/c1-17(2)20-15-25(22(28)16-26-11-4-3-6-21(26)27)13-5-12-24(20)14-18-7-9-19(23)10-8-18/h3-4,6-11,17,20H,5,12-16H2,1-2H3/t20-/m0/s1. The van der Waals surface area contributed by atoms with Crippen molar-refractivity contribution in [1.82, 2.24) is 14.4 Å². The molecule has 28 heavy (non-hydrogen) atoms. The highest BCUT2D eigenvalue weighted by molar-refractivity contribution is 5.76. The lowest BCUT2D eigenvalue weighted by Crippen LogP contribution is -2.46. The summed E-state index contributed by atoms with van der Waals surface area (Å²) in [7, 11) is 0. The monoisotopic (exact) mass is 385 g/mol. The second-order valence-electron chi connectivity index (χ2n) is 7.77. The number of hydrogen-bond donors (Lipinski definition) is 0. The molecule has 5 nitrogen and oxygen atoms in total. The number of benzene rings is 1. The van der Waals surface area contributed by atoms with Gasteiger partial charge in [0.05, 0.1) is 0 Å². The number of pyridine rings is 1. The van der Waals surface area contributed by atoms with Crippen LogP contribution in [0.2, 0.25) is 0 Å². The van der Waals surface area contributed by atoms with E-state index in [1.54, 1.807) is 18.3 Å². The fraction of sp³-hybridized carbons (Fsp3) is 0.455. The first kappa shape index (κ1) is 20.3. The quantitative estimate of drug-likeness (QED) is 0.795. The highest BCUT2D eigenvalue weighted by atomic mass is 19.1. The van der Waals surface area contributed by atoms with Gasteiger partial charge in [0.25, 0.3) is 5.56 Å². The van der Waals surface area contributed by atoms with Crippen LogP contribution in [0.25, 0.3) is 0 Å². The van der Waals surface area contributed by atoms with Crippen LogP contribution in [0.4, 0.5) is 4.39 Å². The predicted octanol–water partition coefficient (Wildman–Crippen LogP) is 2.75. The molecule has 0 radical (unpaired) electrons. The molecular formula is C22H28FN3O2. The molecule has 1 aliphatic heterocycles. The van der Waals surface area contributed by atoms with Gasteiger partial charge in [-0.15, -0.1) is 0 Å². The minimum absolute atomic E-state index is 0.0254. The Balaban J connectivity index is 1.71. The average molecular weight is 385 g/mol. The number of aromatic nitrogens is 1. The molecule has 0 bridgehead atoms. The van der Waals surface area contributed by atoms with Crippen molar-refractivity contribution >= 4 is 5.91 Å². The van der Waals surface area contributed by atoms with E-state index in [-0.39, 0.29) is 29.9 Å². The van der Waals surface area contributed by atoms with Crippen molar-refractivity contribution in [3.8, 4) is 0 Å². The summed E-state index contributed by atoms with van der Waals surface area (Å²) >= 11 is 0. The third kappa shape index (κ3) is 5.07. The van der Waals surface area contributed by atoms with Gasteiger partial charge in [-0.1, -0.05) is 32.0 Å². The van der Waals surface area contributed by atoms with Crippen LogP contribution in [-0.4, -0.2) is 46.0 Å². The van der Waals surface area contributed by atoms with Crippen molar-refractivity contribution in [3.63, 3.8) is 0 Å². The molecule has 0 N–H and O–H groups in total. The molecule has 6 heteroatoms. The van der Waals surface area contributed by atoms with E-state index in [1.165, 1.54) is 22.8 Å². The molecule has 1 saturated heterocycles. The molecule has 1 fully saturated rings. The Morgan fingerprint density at radius 1 is 1.14 bits per heavy atom. The number of carbonyl (C=O) groups is 1. The Bertz CT molecular complexity index is 847. The number of hydrogen-bond acceptors (Lipinski definition) is 3. The van der Waals surface area contributed by atoms with Crippen molar-refractivity contribution in [2.45, 2.75) is 39.4 Å². The molecule has 1 aromatic carbocycles. The number of rotatable bonds is 5. The molecule has 1 aliphatic rings. The van der Waals surface area contributed by atoms with E-state index in [0.29, 0.717) is 19.0 Å². The van der Waals surface area contributed by atoms with E-state index in [2.05, 4.69) is 18.7 Å². The first-order valence-corrected chi connectivity index (χ1v) is 9.86. The fourth-order valence-corrected chi connectivity index (χ4v) is 3.78. The summed E-state index contributed by atoms with van der Waals surface area (Å²) in [4.78, 5) is 29.0. The van der Waals surface area contributed by atoms with Crippen molar-refractivity contribution in [2.24, 2.45) is 5.92 Å². The first-order chi connectivity index (χ1) is 13.4. The van der Waals surface area contributed by atoms with Crippen molar-refractivity contribution < 1.29 is 9.18 Å². The van der Waals surface area contributed by atoms with Crippen LogP contribution >= 0.6 is 0 Å². The van der Waals surface area contributed by atoms with Gasteiger partial charge >= 0.3 is 0 Å². The molecule has 150 valence electrons. The molecule has 1 aromatic heterocycles. The second-order valence-corrected chi connectivity index (χ2v) is 7.77. The Morgan fingerprint density at radius 3 is 2.57 bits per heavy atom. The smallest absolute Gasteiger partial charge is 0.250 e. The van der Waals surface area contributed by atoms with E-state index in [1.807, 2.05) is 17.0 Å². The summed E-state index contributed by atoms with van der Waals surface area (Å²) < 4.78 is 14.7. The van der Waals surface area contributed by atoms with E-state index >= 15 is 0 Å². The third-order valence-electron chi connectivity index (χ3n) is 5.38. The summed E-state index contributed by atoms with van der Waals surface area (Å²) in [6.45, 7) is 7.35. The number of amides is 1. The van der Waals surface area contributed by atoms with Gasteiger partial charge in [0.15, 0.2) is 0 Å². The summed E-state index contributed by atoms with van der Waals surface area (Å²) in [5, 5.41) is 0. The van der Waals surface area contributed by atoms with Crippen LogP contribution in [-0.2, 0) is 17.9 Å². The lowest BCUT2D eigenvalue weighted by molar-refractivity contribution is -0.132. The van der Waals surface area contributed by atoms with Gasteiger partial charge in [-0.3, -0.25) is 14.5 Å². The van der Waals surface area contributed by atoms with Gasteiger partial charge in [-0.05, 0) is 36.1 Å². The maximum absolute atomic E-state index is 13.2. The molecule has 0 spiro atoms. The van der Waals surface area contributed by atoms with Crippen LogP contribution < -0.4 is 5.56 Å². The van der Waals surface area contributed by atoms with Crippen molar-refractivity contribution in [2.75, 3.05) is 19.6 Å². The van der Waals surface area contributed by atoms with Crippen LogP contribution in [0, 0.1) is 11.7 Å². The largest absolute Gasteiger partial charge is 0.340 e. The van der Waals surface area contributed by atoms with E-state index in [4.69, 9.17) is 0 Å². The summed E-state index contributed by atoms with van der Waals surface area (Å²) in [5.41, 5.74) is 0.909. The summed E-state index contributed by atoms with van der Waals surface area (Å²) in [5.74, 6) is 0.115. The van der Waals surface area contributed by atoms with Gasteiger partial charge in [-0.25, -0.2) is 4.39 Å². The Kier molecular flexibility index (Phi) is 6.62. The van der Waals surface area contributed by atoms with Gasteiger partial charge in [0.2, 0.25) is 5.91 Å². The number of halogens is 1. The third-order valence-corrected chi connectivity index (χ3v) is 5.38. The molecule has 2 aromatic rings. The first-order valence-electron chi connectivity index (χ1n) is 9.86. The number of nitrogens with zero attached hydrogens (tertiary/aromatic N) is 3. The SMILES string of the molecule is CC(C)[C@@H]1CN(C(=O)Cn2ccccc2=O)CCCN1Cc1ccc(F)cc1. The van der Waals surface area contributed by atoms with Crippen LogP contribution in [0.15, 0.2) is 53.5 Å². The maximum atomic E-state index is 13.2.